The number of nitrogens with one attached hydrogen (secondary N) is 1. The van der Waals surface area contributed by atoms with Crippen LogP contribution >= 0.6 is 15.9 Å². The van der Waals surface area contributed by atoms with Crippen LogP contribution < -0.4 is 4.72 Å². The highest BCUT2D eigenvalue weighted by atomic mass is 79.9. The lowest BCUT2D eigenvalue weighted by Crippen LogP contribution is -2.43. The maximum Gasteiger partial charge on any atom is 0.212 e. The Bertz CT molecular complexity index is 518. The zero-order valence-corrected chi connectivity index (χ0v) is 13.7. The molecule has 19 heavy (non-hydrogen) atoms. The number of alkyl halides is 1. The highest BCUT2D eigenvalue weighted by Crippen LogP contribution is 2.65. The van der Waals surface area contributed by atoms with E-state index >= 15 is 0 Å². The summed E-state index contributed by atoms with van der Waals surface area (Å²) in [7, 11) is -3.39. The molecule has 108 valence electrons. The van der Waals surface area contributed by atoms with Crippen LogP contribution in [0.3, 0.4) is 0 Å². The zero-order valence-electron chi connectivity index (χ0n) is 11.3. The van der Waals surface area contributed by atoms with Gasteiger partial charge in [-0.15, -0.1) is 6.58 Å². The smallest absolute Gasteiger partial charge is 0.212 e. The van der Waals surface area contributed by atoms with Crippen LogP contribution in [0.4, 0.5) is 0 Å². The molecule has 2 aliphatic carbocycles. The molecule has 0 amide bonds. The van der Waals surface area contributed by atoms with Crippen LogP contribution in [0.5, 0.6) is 0 Å². The third-order valence-corrected chi connectivity index (χ3v) is 7.76. The van der Waals surface area contributed by atoms with Crippen LogP contribution in [0.1, 0.15) is 26.7 Å². The van der Waals surface area contributed by atoms with Gasteiger partial charge in [-0.1, -0.05) is 35.9 Å². The number of carbonyl (C=O) groups excluding carboxylic acids is 1. The van der Waals surface area contributed by atoms with Gasteiger partial charge in [-0.05, 0) is 24.2 Å². The average molecular weight is 350 g/mol. The van der Waals surface area contributed by atoms with E-state index in [0.717, 1.165) is 12.8 Å². The molecule has 2 saturated carbocycles. The van der Waals surface area contributed by atoms with Gasteiger partial charge in [0.25, 0.3) is 0 Å². The van der Waals surface area contributed by atoms with Crippen LogP contribution in [0, 0.1) is 16.7 Å². The molecule has 0 heterocycles. The van der Waals surface area contributed by atoms with E-state index in [1.165, 1.54) is 6.08 Å². The molecule has 0 aromatic carbocycles. The fraction of sp³-hybridized carbons (Fsp3) is 0.769. The molecule has 1 N–H and O–H groups in total. The number of sulfonamides is 1. The van der Waals surface area contributed by atoms with E-state index < -0.39 is 20.9 Å². The Kier molecular flexibility index (Phi) is 3.73. The van der Waals surface area contributed by atoms with Crippen molar-refractivity contribution in [3.63, 3.8) is 0 Å². The molecule has 0 aliphatic heterocycles. The summed E-state index contributed by atoms with van der Waals surface area (Å²) < 4.78 is 26.8. The lowest BCUT2D eigenvalue weighted by atomic mass is 9.70. The normalized spacial score (nSPS) is 41.7. The Morgan fingerprint density at radius 3 is 2.63 bits per heavy atom. The standard InChI is InChI=1S/C13H20BrNO3S/c1-4-7-15-19(17,18)8-13(3)9-5-6-12(13,2)11(16)10(9)14/h4,9-10,15H,1,5-8H2,2-3H3/t9-,10+,12-,13-/m1/s1. The number of fused-ring (bicyclic) bond motifs is 2. The summed E-state index contributed by atoms with van der Waals surface area (Å²) in [5.41, 5.74) is -1.03. The molecule has 0 radical (unpaired) electrons. The number of halogens is 1. The molecule has 0 aromatic rings. The van der Waals surface area contributed by atoms with Crippen molar-refractivity contribution in [2.24, 2.45) is 16.7 Å². The van der Waals surface area contributed by atoms with Crippen molar-refractivity contribution in [3.05, 3.63) is 12.7 Å². The zero-order chi connectivity index (χ0) is 14.5. The van der Waals surface area contributed by atoms with Gasteiger partial charge in [0.05, 0.1) is 10.6 Å². The van der Waals surface area contributed by atoms with E-state index in [4.69, 9.17) is 0 Å². The molecule has 2 aliphatic rings. The van der Waals surface area contributed by atoms with Crippen molar-refractivity contribution >= 4 is 31.7 Å². The van der Waals surface area contributed by atoms with Crippen LogP contribution in [0.15, 0.2) is 12.7 Å². The average Bonchev–Trinajstić information content (AvgIpc) is 2.63. The second-order valence-electron chi connectivity index (χ2n) is 6.06. The highest BCUT2D eigenvalue weighted by molar-refractivity contribution is 9.10. The maximum absolute atomic E-state index is 12.3. The van der Waals surface area contributed by atoms with Gasteiger partial charge in [-0.2, -0.15) is 0 Å². The van der Waals surface area contributed by atoms with Crippen molar-refractivity contribution in [1.29, 1.82) is 0 Å². The summed E-state index contributed by atoms with van der Waals surface area (Å²) in [5.74, 6) is 0.263. The number of ketones is 1. The molecule has 0 aromatic heterocycles. The van der Waals surface area contributed by atoms with Gasteiger partial charge in [0, 0.05) is 12.0 Å². The van der Waals surface area contributed by atoms with Gasteiger partial charge in [-0.3, -0.25) is 4.79 Å². The van der Waals surface area contributed by atoms with Crippen LogP contribution in [-0.2, 0) is 14.8 Å². The highest BCUT2D eigenvalue weighted by Gasteiger charge is 2.68. The molecule has 6 heteroatoms. The Balaban J connectivity index is 2.29. The fourth-order valence-corrected chi connectivity index (χ4v) is 6.87. The predicted molar refractivity (Wildman–Crippen MR) is 78.6 cm³/mol. The topological polar surface area (TPSA) is 63.2 Å². The van der Waals surface area contributed by atoms with Crippen molar-refractivity contribution in [1.82, 2.24) is 4.72 Å². The minimum Gasteiger partial charge on any atom is -0.298 e. The van der Waals surface area contributed by atoms with E-state index in [9.17, 15) is 13.2 Å². The molecule has 2 rings (SSSR count). The van der Waals surface area contributed by atoms with Gasteiger partial charge in [0.1, 0.15) is 0 Å². The molecule has 0 spiro atoms. The van der Waals surface area contributed by atoms with Crippen LogP contribution in [0.2, 0.25) is 0 Å². The molecule has 0 unspecified atom stereocenters. The van der Waals surface area contributed by atoms with Gasteiger partial charge in [0.2, 0.25) is 10.0 Å². The molecule has 2 bridgehead atoms. The minimum absolute atomic E-state index is 0.00282. The number of rotatable bonds is 5. The summed E-state index contributed by atoms with van der Waals surface area (Å²) in [6.45, 7) is 7.59. The molecular weight excluding hydrogens is 330 g/mol. The molecule has 0 saturated heterocycles. The summed E-state index contributed by atoms with van der Waals surface area (Å²) in [6, 6.07) is 0. The Morgan fingerprint density at radius 1 is 1.53 bits per heavy atom. The third kappa shape index (κ3) is 2.12. The van der Waals surface area contributed by atoms with Crippen LogP contribution in [0.25, 0.3) is 0 Å². The Labute approximate surface area is 123 Å². The summed E-state index contributed by atoms with van der Waals surface area (Å²) in [6.07, 6.45) is 3.21. The van der Waals surface area contributed by atoms with E-state index in [2.05, 4.69) is 27.2 Å². The summed E-state index contributed by atoms with van der Waals surface area (Å²) in [5, 5.41) is 0. The number of hydrogen-bond acceptors (Lipinski definition) is 3. The second kappa shape index (κ2) is 4.67. The first-order valence-electron chi connectivity index (χ1n) is 6.44. The van der Waals surface area contributed by atoms with Crippen LogP contribution in [-0.4, -0.2) is 31.3 Å². The Hall–Kier alpha value is -0.200. The van der Waals surface area contributed by atoms with E-state index in [0.29, 0.717) is 0 Å². The van der Waals surface area contributed by atoms with E-state index in [1.54, 1.807) is 0 Å². The SMILES string of the molecule is C=CCNS(=O)(=O)C[C@]1(C)[C@@H]2CC[C@]1(C)C(=O)[C@H]2Br. The molecule has 2 fully saturated rings. The van der Waals surface area contributed by atoms with Crippen molar-refractivity contribution in [2.45, 2.75) is 31.5 Å². The Morgan fingerprint density at radius 2 is 2.16 bits per heavy atom. The number of hydrogen-bond donors (Lipinski definition) is 1. The van der Waals surface area contributed by atoms with Crippen molar-refractivity contribution in [2.75, 3.05) is 12.3 Å². The van der Waals surface area contributed by atoms with E-state index in [-0.39, 0.29) is 28.8 Å². The van der Waals surface area contributed by atoms with Crippen molar-refractivity contribution in [3.8, 4) is 0 Å². The first-order chi connectivity index (χ1) is 8.68. The van der Waals surface area contributed by atoms with Gasteiger partial charge < -0.3 is 0 Å². The molecule has 4 nitrogen and oxygen atoms in total. The van der Waals surface area contributed by atoms with Gasteiger partial charge >= 0.3 is 0 Å². The fourth-order valence-electron chi connectivity index (χ4n) is 3.72. The maximum atomic E-state index is 12.3. The van der Waals surface area contributed by atoms with Crippen molar-refractivity contribution < 1.29 is 13.2 Å². The largest absolute Gasteiger partial charge is 0.298 e. The molecular formula is C13H20BrNO3S. The lowest BCUT2D eigenvalue weighted by Gasteiger charge is -2.36. The van der Waals surface area contributed by atoms with Gasteiger partial charge in [0.15, 0.2) is 5.78 Å². The second-order valence-corrected chi connectivity index (χ2v) is 8.85. The first kappa shape index (κ1) is 15.2. The third-order valence-electron chi connectivity index (χ3n) is 5.12. The monoisotopic (exact) mass is 349 g/mol. The first-order valence-corrected chi connectivity index (χ1v) is 9.01. The predicted octanol–water partition coefficient (Wildman–Crippen LogP) is 1.86. The minimum atomic E-state index is -3.39. The summed E-state index contributed by atoms with van der Waals surface area (Å²) >= 11 is 3.45. The number of Topliss-reactive ketones (excluding diaryl/α,β-unsaturated/α-hetero) is 1. The number of carbonyl (C=O) groups is 1. The quantitative estimate of drug-likeness (QED) is 0.608. The summed E-state index contributed by atoms with van der Waals surface area (Å²) in [4.78, 5) is 12.1. The lowest BCUT2D eigenvalue weighted by molar-refractivity contribution is -0.127. The van der Waals surface area contributed by atoms with E-state index in [1.807, 2.05) is 13.8 Å². The molecule has 4 atom stereocenters. The van der Waals surface area contributed by atoms with Gasteiger partial charge in [-0.25, -0.2) is 13.1 Å².